The molecule has 10 heteroatoms. The highest BCUT2D eigenvalue weighted by Gasteiger charge is 2.40. The molecule has 156 valence electrons. The summed E-state index contributed by atoms with van der Waals surface area (Å²) in [5, 5.41) is -0.223. The predicted octanol–water partition coefficient (Wildman–Crippen LogP) is 2.00. The number of halogens is 1. The molecule has 1 N–H and O–H groups in total. The van der Waals surface area contributed by atoms with Gasteiger partial charge in [-0.15, -0.1) is 0 Å². The predicted molar refractivity (Wildman–Crippen MR) is 110 cm³/mol. The molecule has 3 rings (SSSR count). The van der Waals surface area contributed by atoms with Crippen LogP contribution in [0.4, 0.5) is 0 Å². The largest absolute Gasteiger partial charge is 0.340 e. The molecule has 0 bridgehead atoms. The molecule has 0 aliphatic carbocycles. The first-order chi connectivity index (χ1) is 13.6. The Morgan fingerprint density at radius 2 is 1.72 bits per heavy atom. The van der Waals surface area contributed by atoms with Gasteiger partial charge in [-0.3, -0.25) is 4.79 Å². The fourth-order valence-electron chi connectivity index (χ4n) is 2.97. The molecule has 1 fully saturated rings. The van der Waals surface area contributed by atoms with E-state index in [0.717, 1.165) is 5.56 Å². The number of amides is 1. The van der Waals surface area contributed by atoms with Crippen LogP contribution < -0.4 is 4.72 Å². The third-order valence-corrected chi connectivity index (χ3v) is 8.53. The van der Waals surface area contributed by atoms with Crippen molar-refractivity contribution in [1.29, 1.82) is 0 Å². The molecule has 0 unspecified atom stereocenters. The number of hydrogen-bond acceptors (Lipinski definition) is 5. The SMILES string of the molecule is Cc1cccc(S(=O)(=O)NCCC(=O)N2CC(S(=O)(=O)c3ccc(Cl)cc3)C2)c1. The lowest BCUT2D eigenvalue weighted by atomic mass is 10.2. The van der Waals surface area contributed by atoms with Gasteiger partial charge in [-0.2, -0.15) is 0 Å². The second-order valence-electron chi connectivity index (χ2n) is 6.88. The summed E-state index contributed by atoms with van der Waals surface area (Å²) in [5.41, 5.74) is 0.817. The van der Waals surface area contributed by atoms with E-state index in [1.165, 1.54) is 35.2 Å². The van der Waals surface area contributed by atoms with Gasteiger partial charge in [-0.1, -0.05) is 23.7 Å². The van der Waals surface area contributed by atoms with Crippen LogP contribution in [0.15, 0.2) is 58.3 Å². The van der Waals surface area contributed by atoms with E-state index >= 15 is 0 Å². The number of carbonyl (C=O) groups is 1. The minimum absolute atomic E-state index is 0.0429. The Hall–Kier alpha value is -1.94. The number of hydrogen-bond donors (Lipinski definition) is 1. The topological polar surface area (TPSA) is 101 Å². The highest BCUT2D eigenvalue weighted by atomic mass is 35.5. The van der Waals surface area contributed by atoms with Crippen LogP contribution >= 0.6 is 11.6 Å². The quantitative estimate of drug-likeness (QED) is 0.686. The summed E-state index contributed by atoms with van der Waals surface area (Å²) in [5.74, 6) is -0.292. The average Bonchev–Trinajstić information content (AvgIpc) is 2.60. The van der Waals surface area contributed by atoms with E-state index in [9.17, 15) is 21.6 Å². The van der Waals surface area contributed by atoms with Gasteiger partial charge in [0.1, 0.15) is 5.25 Å². The summed E-state index contributed by atoms with van der Waals surface area (Å²) < 4.78 is 52.0. The number of nitrogens with one attached hydrogen (secondary N) is 1. The third kappa shape index (κ3) is 4.98. The van der Waals surface area contributed by atoms with Crippen molar-refractivity contribution in [3.63, 3.8) is 0 Å². The molecule has 1 heterocycles. The number of sulfone groups is 1. The monoisotopic (exact) mass is 456 g/mol. The van der Waals surface area contributed by atoms with Crippen molar-refractivity contribution >= 4 is 37.4 Å². The zero-order valence-corrected chi connectivity index (χ0v) is 18.1. The molecular formula is C19H21ClN2O5S2. The molecule has 0 radical (unpaired) electrons. The summed E-state index contributed by atoms with van der Waals surface area (Å²) in [7, 11) is -7.23. The van der Waals surface area contributed by atoms with Gasteiger partial charge in [-0.05, 0) is 48.9 Å². The minimum atomic E-state index is -3.69. The minimum Gasteiger partial charge on any atom is -0.340 e. The zero-order chi connectivity index (χ0) is 21.2. The maximum atomic E-state index is 12.6. The zero-order valence-electron chi connectivity index (χ0n) is 15.7. The molecule has 7 nitrogen and oxygen atoms in total. The van der Waals surface area contributed by atoms with Crippen molar-refractivity contribution < 1.29 is 21.6 Å². The molecule has 0 saturated carbocycles. The van der Waals surface area contributed by atoms with Crippen LogP contribution in [-0.4, -0.2) is 52.5 Å². The molecule has 1 aliphatic rings. The second-order valence-corrected chi connectivity index (χ2v) is 11.3. The van der Waals surface area contributed by atoms with Gasteiger partial charge in [0, 0.05) is 31.1 Å². The van der Waals surface area contributed by atoms with Crippen LogP contribution in [0.25, 0.3) is 0 Å². The normalized spacial score (nSPS) is 15.2. The Morgan fingerprint density at radius 3 is 2.34 bits per heavy atom. The Kier molecular flexibility index (Phi) is 6.33. The fraction of sp³-hybridized carbons (Fsp3) is 0.316. The number of carbonyl (C=O) groups excluding carboxylic acids is 1. The first kappa shape index (κ1) is 21.8. The van der Waals surface area contributed by atoms with E-state index in [2.05, 4.69) is 4.72 Å². The Labute approximate surface area is 175 Å². The van der Waals surface area contributed by atoms with Crippen LogP contribution in [-0.2, 0) is 24.7 Å². The van der Waals surface area contributed by atoms with E-state index in [0.29, 0.717) is 5.02 Å². The molecule has 1 amide bonds. The van der Waals surface area contributed by atoms with Gasteiger partial charge >= 0.3 is 0 Å². The standard InChI is InChI=1S/C19H21ClN2O5S2/c1-14-3-2-4-17(11-14)29(26,27)21-10-9-19(23)22-12-18(13-22)28(24,25)16-7-5-15(20)6-8-16/h2-8,11,18,21H,9-10,12-13H2,1H3. The van der Waals surface area contributed by atoms with Gasteiger partial charge in [0.05, 0.1) is 9.79 Å². The van der Waals surface area contributed by atoms with Crippen molar-refractivity contribution in [2.45, 2.75) is 28.4 Å². The van der Waals surface area contributed by atoms with Crippen LogP contribution in [0.2, 0.25) is 5.02 Å². The summed E-state index contributed by atoms with van der Waals surface area (Å²) in [6.45, 7) is 1.92. The van der Waals surface area contributed by atoms with E-state index in [1.807, 2.05) is 0 Å². The summed E-state index contributed by atoms with van der Waals surface area (Å²) in [6.07, 6.45) is -0.0429. The number of likely N-dealkylation sites (tertiary alicyclic amines) is 1. The van der Waals surface area contributed by atoms with Crippen molar-refractivity contribution in [2.24, 2.45) is 0 Å². The Balaban J connectivity index is 1.50. The molecule has 0 spiro atoms. The summed E-state index contributed by atoms with van der Waals surface area (Å²) >= 11 is 5.78. The summed E-state index contributed by atoms with van der Waals surface area (Å²) in [4.78, 5) is 14.0. The molecule has 0 aromatic heterocycles. The molecule has 0 atom stereocenters. The highest BCUT2D eigenvalue weighted by Crippen LogP contribution is 2.25. The molecule has 2 aromatic rings. The maximum Gasteiger partial charge on any atom is 0.240 e. The molecule has 1 saturated heterocycles. The molecule has 2 aromatic carbocycles. The first-order valence-corrected chi connectivity index (χ1v) is 12.3. The summed E-state index contributed by atoms with van der Waals surface area (Å²) in [6, 6.07) is 12.4. The number of rotatable bonds is 7. The molecular weight excluding hydrogens is 436 g/mol. The van der Waals surface area contributed by atoms with Gasteiger partial charge in [0.25, 0.3) is 0 Å². The molecule has 29 heavy (non-hydrogen) atoms. The third-order valence-electron chi connectivity index (χ3n) is 4.71. The van der Waals surface area contributed by atoms with E-state index in [-0.39, 0.29) is 41.8 Å². The van der Waals surface area contributed by atoms with Crippen molar-refractivity contribution in [1.82, 2.24) is 9.62 Å². The first-order valence-electron chi connectivity index (χ1n) is 8.93. The van der Waals surface area contributed by atoms with Crippen molar-refractivity contribution in [3.05, 3.63) is 59.1 Å². The second kappa shape index (κ2) is 8.43. The van der Waals surface area contributed by atoms with Crippen LogP contribution in [0.3, 0.4) is 0 Å². The average molecular weight is 457 g/mol. The van der Waals surface area contributed by atoms with E-state index < -0.39 is 25.1 Å². The van der Waals surface area contributed by atoms with Crippen LogP contribution in [0.1, 0.15) is 12.0 Å². The number of nitrogens with zero attached hydrogens (tertiary/aromatic N) is 1. The highest BCUT2D eigenvalue weighted by molar-refractivity contribution is 7.92. The lowest BCUT2D eigenvalue weighted by Crippen LogP contribution is -2.57. The van der Waals surface area contributed by atoms with Gasteiger partial charge < -0.3 is 4.90 Å². The van der Waals surface area contributed by atoms with Crippen LogP contribution in [0.5, 0.6) is 0 Å². The number of sulfonamides is 1. The van der Waals surface area contributed by atoms with Crippen molar-refractivity contribution in [3.8, 4) is 0 Å². The fourth-order valence-corrected chi connectivity index (χ4v) is 5.89. The Bertz CT molecular complexity index is 1110. The van der Waals surface area contributed by atoms with Gasteiger partial charge in [-0.25, -0.2) is 21.6 Å². The Morgan fingerprint density at radius 1 is 1.07 bits per heavy atom. The van der Waals surface area contributed by atoms with E-state index in [4.69, 9.17) is 11.6 Å². The lowest BCUT2D eigenvalue weighted by molar-refractivity contribution is -0.134. The van der Waals surface area contributed by atoms with E-state index in [1.54, 1.807) is 25.1 Å². The van der Waals surface area contributed by atoms with Gasteiger partial charge in [0.15, 0.2) is 9.84 Å². The number of benzene rings is 2. The number of aryl methyl sites for hydroxylation is 1. The maximum absolute atomic E-state index is 12.6. The lowest BCUT2D eigenvalue weighted by Gasteiger charge is -2.38. The van der Waals surface area contributed by atoms with Gasteiger partial charge in [0.2, 0.25) is 15.9 Å². The smallest absolute Gasteiger partial charge is 0.240 e. The van der Waals surface area contributed by atoms with Crippen LogP contribution in [0, 0.1) is 6.92 Å². The van der Waals surface area contributed by atoms with Crippen molar-refractivity contribution in [2.75, 3.05) is 19.6 Å². The molecule has 1 aliphatic heterocycles.